The molecule has 1 saturated heterocycles. The number of benzene rings is 1. The summed E-state index contributed by atoms with van der Waals surface area (Å²) in [5, 5.41) is 3.61. The van der Waals surface area contributed by atoms with Crippen molar-refractivity contribution in [3.63, 3.8) is 0 Å². The molecule has 106 valence electrons. The van der Waals surface area contributed by atoms with Gasteiger partial charge in [0.05, 0.1) is 6.10 Å². The molecule has 2 unspecified atom stereocenters. The summed E-state index contributed by atoms with van der Waals surface area (Å²) in [5.41, 5.74) is 4.17. The van der Waals surface area contributed by atoms with Crippen molar-refractivity contribution in [2.24, 2.45) is 5.92 Å². The fraction of sp³-hybridized carbons (Fsp3) is 0.647. The Morgan fingerprint density at radius 1 is 1.16 bits per heavy atom. The van der Waals surface area contributed by atoms with Crippen molar-refractivity contribution in [2.45, 2.75) is 52.7 Å². The van der Waals surface area contributed by atoms with E-state index < -0.39 is 0 Å². The van der Waals surface area contributed by atoms with E-state index in [1.165, 1.54) is 16.7 Å². The van der Waals surface area contributed by atoms with Crippen molar-refractivity contribution >= 4 is 0 Å². The van der Waals surface area contributed by atoms with E-state index >= 15 is 0 Å². The molecule has 19 heavy (non-hydrogen) atoms. The highest BCUT2D eigenvalue weighted by molar-refractivity contribution is 5.30. The fourth-order valence-corrected chi connectivity index (χ4v) is 2.82. The van der Waals surface area contributed by atoms with Crippen LogP contribution in [-0.4, -0.2) is 18.7 Å². The minimum absolute atomic E-state index is 0.176. The van der Waals surface area contributed by atoms with Crippen LogP contribution in [0.3, 0.4) is 0 Å². The molecule has 1 aromatic carbocycles. The number of aryl methyl sites for hydroxylation is 2. The van der Waals surface area contributed by atoms with Crippen LogP contribution in [0.2, 0.25) is 0 Å². The summed E-state index contributed by atoms with van der Waals surface area (Å²) in [5.74, 6) is 0.584. The third kappa shape index (κ3) is 4.05. The average molecular weight is 261 g/mol. The van der Waals surface area contributed by atoms with Crippen molar-refractivity contribution in [3.8, 4) is 0 Å². The molecule has 2 atom stereocenters. The zero-order chi connectivity index (χ0) is 14.0. The molecule has 0 amide bonds. The second kappa shape index (κ2) is 5.64. The van der Waals surface area contributed by atoms with Gasteiger partial charge in [-0.05, 0) is 46.6 Å². The van der Waals surface area contributed by atoms with Crippen LogP contribution in [0.4, 0.5) is 0 Å². The summed E-state index contributed by atoms with van der Waals surface area (Å²) in [4.78, 5) is 0. The number of rotatable bonds is 3. The van der Waals surface area contributed by atoms with Gasteiger partial charge in [-0.3, -0.25) is 0 Å². The Morgan fingerprint density at radius 2 is 1.79 bits per heavy atom. The molecule has 1 N–H and O–H groups in total. The van der Waals surface area contributed by atoms with E-state index in [2.05, 4.69) is 58.1 Å². The Balaban J connectivity index is 2.09. The van der Waals surface area contributed by atoms with Gasteiger partial charge in [-0.2, -0.15) is 0 Å². The van der Waals surface area contributed by atoms with Crippen LogP contribution < -0.4 is 5.32 Å². The standard InChI is InChI=1S/C17H27NO/c1-12-8-13(2)10-15(9-12)16-14(6-7-19-16)11-18-17(3,4)5/h8-10,14,16,18H,6-7,11H2,1-5H3. The lowest BCUT2D eigenvalue weighted by atomic mass is 9.92. The summed E-state index contributed by atoms with van der Waals surface area (Å²) in [6.45, 7) is 12.9. The summed E-state index contributed by atoms with van der Waals surface area (Å²) >= 11 is 0. The minimum atomic E-state index is 0.176. The van der Waals surface area contributed by atoms with Gasteiger partial charge in [0.2, 0.25) is 0 Å². The molecule has 0 radical (unpaired) electrons. The molecule has 1 heterocycles. The second-order valence-electron chi connectivity index (χ2n) is 6.89. The van der Waals surface area contributed by atoms with Gasteiger partial charge in [-0.15, -0.1) is 0 Å². The number of ether oxygens (including phenoxy) is 1. The smallest absolute Gasteiger partial charge is 0.0866 e. The highest BCUT2D eigenvalue weighted by Crippen LogP contribution is 2.35. The van der Waals surface area contributed by atoms with E-state index in [9.17, 15) is 0 Å². The molecule has 1 fully saturated rings. The molecule has 0 aliphatic carbocycles. The summed E-state index contributed by atoms with van der Waals surface area (Å²) in [7, 11) is 0. The normalized spacial score (nSPS) is 23.8. The Bertz CT molecular complexity index is 413. The van der Waals surface area contributed by atoms with Crippen molar-refractivity contribution in [1.82, 2.24) is 5.32 Å². The van der Waals surface area contributed by atoms with Crippen LogP contribution in [0.25, 0.3) is 0 Å². The van der Waals surface area contributed by atoms with E-state index in [0.29, 0.717) is 5.92 Å². The molecule has 0 spiro atoms. The first-order chi connectivity index (χ1) is 8.85. The largest absolute Gasteiger partial charge is 0.373 e. The van der Waals surface area contributed by atoms with E-state index in [0.717, 1.165) is 19.6 Å². The summed E-state index contributed by atoms with van der Waals surface area (Å²) in [6, 6.07) is 6.76. The van der Waals surface area contributed by atoms with Crippen LogP contribution in [0.1, 0.15) is 50.0 Å². The molecule has 2 heteroatoms. The van der Waals surface area contributed by atoms with Gasteiger partial charge in [0.1, 0.15) is 0 Å². The van der Waals surface area contributed by atoms with Crippen molar-refractivity contribution < 1.29 is 4.74 Å². The van der Waals surface area contributed by atoms with Gasteiger partial charge in [-0.1, -0.05) is 29.3 Å². The van der Waals surface area contributed by atoms with Crippen molar-refractivity contribution in [1.29, 1.82) is 0 Å². The number of nitrogens with one attached hydrogen (secondary N) is 1. The molecule has 0 aromatic heterocycles. The SMILES string of the molecule is Cc1cc(C)cc(C2OCCC2CNC(C)(C)C)c1. The maximum atomic E-state index is 5.99. The predicted octanol–water partition coefficient (Wildman–Crippen LogP) is 3.77. The molecule has 1 aromatic rings. The third-order valence-electron chi connectivity index (χ3n) is 3.68. The molecule has 0 bridgehead atoms. The molecule has 1 aliphatic heterocycles. The highest BCUT2D eigenvalue weighted by Gasteiger charge is 2.30. The Labute approximate surface area is 117 Å². The zero-order valence-electron chi connectivity index (χ0n) is 12.9. The van der Waals surface area contributed by atoms with E-state index in [4.69, 9.17) is 4.74 Å². The maximum absolute atomic E-state index is 5.99. The first kappa shape index (κ1) is 14.5. The van der Waals surface area contributed by atoms with E-state index in [-0.39, 0.29) is 11.6 Å². The lowest BCUT2D eigenvalue weighted by molar-refractivity contribution is 0.0888. The predicted molar refractivity (Wildman–Crippen MR) is 80.5 cm³/mol. The van der Waals surface area contributed by atoms with E-state index in [1.54, 1.807) is 0 Å². The Morgan fingerprint density at radius 3 is 2.37 bits per heavy atom. The van der Waals surface area contributed by atoms with Gasteiger partial charge in [0.25, 0.3) is 0 Å². The van der Waals surface area contributed by atoms with Crippen LogP contribution in [0.5, 0.6) is 0 Å². The lowest BCUT2D eigenvalue weighted by Crippen LogP contribution is -2.39. The van der Waals surface area contributed by atoms with Crippen molar-refractivity contribution in [2.75, 3.05) is 13.2 Å². The molecule has 2 nitrogen and oxygen atoms in total. The fourth-order valence-electron chi connectivity index (χ4n) is 2.82. The molecule has 2 rings (SSSR count). The molecule has 0 saturated carbocycles. The van der Waals surface area contributed by atoms with Crippen LogP contribution in [0, 0.1) is 19.8 Å². The Hall–Kier alpha value is -0.860. The lowest BCUT2D eigenvalue weighted by Gasteiger charge is -2.26. The van der Waals surface area contributed by atoms with Gasteiger partial charge in [0, 0.05) is 24.6 Å². The topological polar surface area (TPSA) is 21.3 Å². The number of hydrogen-bond donors (Lipinski definition) is 1. The third-order valence-corrected chi connectivity index (χ3v) is 3.68. The van der Waals surface area contributed by atoms with Crippen LogP contribution >= 0.6 is 0 Å². The first-order valence-corrected chi connectivity index (χ1v) is 7.30. The van der Waals surface area contributed by atoms with Crippen LogP contribution in [0.15, 0.2) is 18.2 Å². The molecule has 1 aliphatic rings. The Kier molecular flexibility index (Phi) is 4.32. The number of hydrogen-bond acceptors (Lipinski definition) is 2. The van der Waals surface area contributed by atoms with Crippen molar-refractivity contribution in [3.05, 3.63) is 34.9 Å². The van der Waals surface area contributed by atoms with Gasteiger partial charge in [0.15, 0.2) is 0 Å². The van der Waals surface area contributed by atoms with E-state index in [1.807, 2.05) is 0 Å². The van der Waals surface area contributed by atoms with Gasteiger partial charge >= 0.3 is 0 Å². The van der Waals surface area contributed by atoms with Gasteiger partial charge in [-0.25, -0.2) is 0 Å². The summed E-state index contributed by atoms with van der Waals surface area (Å²) < 4.78 is 5.99. The molecular weight excluding hydrogens is 234 g/mol. The molecular formula is C17H27NO. The maximum Gasteiger partial charge on any atom is 0.0866 e. The summed E-state index contributed by atoms with van der Waals surface area (Å²) in [6.07, 6.45) is 1.41. The quantitative estimate of drug-likeness (QED) is 0.894. The minimum Gasteiger partial charge on any atom is -0.373 e. The first-order valence-electron chi connectivity index (χ1n) is 7.30. The monoisotopic (exact) mass is 261 g/mol. The average Bonchev–Trinajstić information content (AvgIpc) is 2.72. The highest BCUT2D eigenvalue weighted by atomic mass is 16.5. The van der Waals surface area contributed by atoms with Gasteiger partial charge < -0.3 is 10.1 Å². The van der Waals surface area contributed by atoms with Crippen LogP contribution in [-0.2, 0) is 4.74 Å². The second-order valence-corrected chi connectivity index (χ2v) is 6.89. The zero-order valence-corrected chi connectivity index (χ0v) is 12.9.